The zero-order valence-electron chi connectivity index (χ0n) is 24.3. The van der Waals surface area contributed by atoms with Gasteiger partial charge < -0.3 is 41.0 Å². The number of halogens is 3. The third-order valence-corrected chi connectivity index (χ3v) is 6.79. The number of hydrogen-bond donors (Lipinski definition) is 5. The van der Waals surface area contributed by atoms with Crippen molar-refractivity contribution in [1.29, 1.82) is 0 Å². The van der Waals surface area contributed by atoms with E-state index in [1.54, 1.807) is 37.3 Å². The summed E-state index contributed by atoms with van der Waals surface area (Å²) in [6, 6.07) is 5.87. The summed E-state index contributed by atoms with van der Waals surface area (Å²) in [6.07, 6.45) is -1.60. The highest BCUT2D eigenvalue weighted by Gasteiger charge is 2.30. The fourth-order valence-electron chi connectivity index (χ4n) is 4.48. The highest BCUT2D eigenvalue weighted by Crippen LogP contribution is 2.17. The number of amides is 3. The predicted molar refractivity (Wildman–Crippen MR) is 145 cm³/mol. The maximum absolute atomic E-state index is 12.8. The first-order valence-electron chi connectivity index (χ1n) is 14.1. The fraction of sp³-hybridized carbons (Fsp3) is 0.571. The Morgan fingerprint density at radius 3 is 2.11 bits per heavy atom. The zero-order chi connectivity index (χ0) is 33.3. The van der Waals surface area contributed by atoms with Gasteiger partial charge in [0.05, 0.1) is 26.1 Å². The molecule has 13 nitrogen and oxygen atoms in total. The van der Waals surface area contributed by atoms with Crippen molar-refractivity contribution in [2.45, 2.75) is 70.1 Å². The number of likely N-dealkylation sites (N-methyl/N-ethyl adjacent to an activating group) is 1. The first kappa shape index (κ1) is 37.8. The lowest BCUT2D eigenvalue weighted by molar-refractivity contribution is -0.664. The van der Waals surface area contributed by atoms with E-state index < -0.39 is 54.4 Å². The van der Waals surface area contributed by atoms with Gasteiger partial charge in [-0.2, -0.15) is 13.2 Å². The Labute approximate surface area is 252 Å². The van der Waals surface area contributed by atoms with Gasteiger partial charge in [0, 0.05) is 19.4 Å². The van der Waals surface area contributed by atoms with Gasteiger partial charge >= 0.3 is 18.1 Å². The minimum atomic E-state index is -5.19. The third-order valence-electron chi connectivity index (χ3n) is 6.79. The van der Waals surface area contributed by atoms with Crippen LogP contribution in [0.1, 0.15) is 51.0 Å². The molecule has 0 unspecified atom stereocenters. The highest BCUT2D eigenvalue weighted by molar-refractivity contribution is 5.94. The smallest absolute Gasteiger partial charge is 0.430 e. The number of nitrogens with one attached hydrogen (secondary N) is 2. The van der Waals surface area contributed by atoms with Crippen LogP contribution in [0.25, 0.3) is 0 Å². The number of carboxylic acid groups (broad SMARTS) is 3. The van der Waals surface area contributed by atoms with Crippen molar-refractivity contribution < 1.29 is 62.6 Å². The van der Waals surface area contributed by atoms with Gasteiger partial charge in [-0.25, -0.2) is 4.79 Å². The van der Waals surface area contributed by atoms with E-state index in [1.165, 1.54) is 4.90 Å². The van der Waals surface area contributed by atoms with Gasteiger partial charge in [-0.1, -0.05) is 30.3 Å². The molecule has 16 heteroatoms. The van der Waals surface area contributed by atoms with Crippen molar-refractivity contribution in [3.05, 3.63) is 35.9 Å². The molecule has 6 N–H and O–H groups in total. The van der Waals surface area contributed by atoms with E-state index in [4.69, 9.17) is 9.90 Å². The maximum atomic E-state index is 12.8. The average molecular weight is 633 g/mol. The zero-order valence-corrected chi connectivity index (χ0v) is 24.3. The summed E-state index contributed by atoms with van der Waals surface area (Å²) in [5.41, 5.74) is 0.674. The van der Waals surface area contributed by atoms with Crippen molar-refractivity contribution in [3.8, 4) is 0 Å². The molecular formula is C28H39F3N4O9. The second-order valence-corrected chi connectivity index (χ2v) is 10.2. The molecule has 3 amide bonds. The quantitative estimate of drug-likeness (QED) is 0.161. The molecule has 0 aromatic heterocycles. The van der Waals surface area contributed by atoms with Crippen molar-refractivity contribution in [1.82, 2.24) is 15.5 Å². The molecule has 1 aliphatic rings. The van der Waals surface area contributed by atoms with Gasteiger partial charge in [0.25, 0.3) is 0 Å². The Morgan fingerprint density at radius 2 is 1.61 bits per heavy atom. The number of nitrogens with two attached hydrogens (primary N) is 1. The van der Waals surface area contributed by atoms with Crippen LogP contribution in [-0.4, -0.2) is 95.2 Å². The fourth-order valence-corrected chi connectivity index (χ4v) is 4.48. The number of quaternary nitrogens is 1. The van der Waals surface area contributed by atoms with Crippen LogP contribution < -0.4 is 21.1 Å². The van der Waals surface area contributed by atoms with E-state index in [0.717, 1.165) is 38.8 Å². The lowest BCUT2D eigenvalue weighted by Crippen LogP contribution is -2.86. The molecule has 246 valence electrons. The molecular weight excluding hydrogens is 593 g/mol. The van der Waals surface area contributed by atoms with Crippen molar-refractivity contribution in [2.75, 3.05) is 26.2 Å². The standard InChI is InChI=1S/C26H38N4O7.C2HF3O2/c1-2-30(23(32)10-6-9-18-11-13-27-14-12-18)17-22(31)28-20(16-24(33)34)25(35)29-21(26(36)37)15-19-7-4-3-5-8-19;3-2(4,5)1(6)7/h3-5,7-8,18,20-21,27H,2,6,9-17H2,1H3,(H,28,31)(H,29,35)(H,33,34)(H,36,37);(H,6,7)/t20-,21-;/m0./s1. The van der Waals surface area contributed by atoms with Crippen LogP contribution in [0.5, 0.6) is 0 Å². The number of aliphatic carboxylic acids is 3. The van der Waals surface area contributed by atoms with E-state index in [9.17, 15) is 47.4 Å². The van der Waals surface area contributed by atoms with Gasteiger partial charge in [0.15, 0.2) is 0 Å². The van der Waals surface area contributed by atoms with Crippen LogP contribution in [0.2, 0.25) is 0 Å². The first-order chi connectivity index (χ1) is 20.6. The Hall–Kier alpha value is -4.21. The van der Waals surface area contributed by atoms with Crippen LogP contribution in [0.3, 0.4) is 0 Å². The molecule has 0 radical (unpaired) electrons. The average Bonchev–Trinajstić information content (AvgIpc) is 2.95. The number of rotatable bonds is 15. The van der Waals surface area contributed by atoms with E-state index in [0.29, 0.717) is 24.4 Å². The lowest BCUT2D eigenvalue weighted by atomic mass is 9.92. The molecule has 0 saturated carbocycles. The topological polar surface area (TPSA) is 210 Å². The molecule has 1 aliphatic heterocycles. The molecule has 2 rings (SSSR count). The molecule has 2 atom stereocenters. The van der Waals surface area contributed by atoms with Crippen LogP contribution in [0.15, 0.2) is 30.3 Å². The number of piperidine rings is 1. The largest absolute Gasteiger partial charge is 0.542 e. The Bertz CT molecular complexity index is 1110. The second-order valence-electron chi connectivity index (χ2n) is 10.2. The van der Waals surface area contributed by atoms with E-state index in [1.807, 2.05) is 0 Å². The number of benzene rings is 1. The number of alkyl halides is 3. The minimum Gasteiger partial charge on any atom is -0.542 e. The summed E-state index contributed by atoms with van der Waals surface area (Å²) in [7, 11) is 0. The molecule has 44 heavy (non-hydrogen) atoms. The maximum Gasteiger partial charge on any atom is 0.430 e. The summed E-state index contributed by atoms with van der Waals surface area (Å²) in [4.78, 5) is 71.2. The van der Waals surface area contributed by atoms with Crippen LogP contribution >= 0.6 is 0 Å². The third kappa shape index (κ3) is 15.3. The molecule has 0 bridgehead atoms. The van der Waals surface area contributed by atoms with Gasteiger partial charge in [-0.15, -0.1) is 0 Å². The van der Waals surface area contributed by atoms with E-state index >= 15 is 0 Å². The van der Waals surface area contributed by atoms with Gasteiger partial charge in [-0.05, 0) is 44.1 Å². The summed E-state index contributed by atoms with van der Waals surface area (Å²) in [6.45, 7) is 3.95. The summed E-state index contributed by atoms with van der Waals surface area (Å²) in [5, 5.41) is 34.5. The Kier molecular flexibility index (Phi) is 16.5. The number of carbonyl (C=O) groups excluding carboxylic acids is 4. The number of carbonyl (C=O) groups is 6. The van der Waals surface area contributed by atoms with Crippen LogP contribution in [-0.2, 0) is 35.2 Å². The summed E-state index contributed by atoms with van der Waals surface area (Å²) >= 11 is 0. The highest BCUT2D eigenvalue weighted by atomic mass is 19.4. The molecule has 1 fully saturated rings. The number of nitrogens with zero attached hydrogens (tertiary/aromatic N) is 1. The molecule has 1 aromatic carbocycles. The molecule has 1 heterocycles. The molecule has 1 aromatic rings. The van der Waals surface area contributed by atoms with Crippen molar-refractivity contribution >= 4 is 35.6 Å². The normalized spacial score (nSPS) is 14.6. The van der Waals surface area contributed by atoms with E-state index in [2.05, 4.69) is 16.0 Å². The van der Waals surface area contributed by atoms with Gasteiger partial charge in [-0.3, -0.25) is 19.2 Å². The predicted octanol–water partition coefficient (Wildman–Crippen LogP) is -0.951. The Balaban J connectivity index is 0.00000123. The van der Waals surface area contributed by atoms with Crippen molar-refractivity contribution in [3.63, 3.8) is 0 Å². The summed E-state index contributed by atoms with van der Waals surface area (Å²) < 4.78 is 31.5. The van der Waals surface area contributed by atoms with E-state index in [-0.39, 0.29) is 18.9 Å². The first-order valence-corrected chi connectivity index (χ1v) is 14.1. The number of carboxylic acids is 3. The molecule has 0 spiro atoms. The lowest BCUT2D eigenvalue weighted by Gasteiger charge is -2.24. The van der Waals surface area contributed by atoms with Gasteiger partial charge in [0.2, 0.25) is 17.7 Å². The monoisotopic (exact) mass is 632 g/mol. The minimum absolute atomic E-state index is 0.00706. The molecule has 0 aliphatic carbocycles. The SMILES string of the molecule is CCN(CC(=O)N[C@@H](CC(=O)O)C(=O)N[C@@H](Cc1ccccc1)C(=O)O)C(=O)CCCC1CC[NH2+]CC1.O=C([O-])C(F)(F)F. The van der Waals surface area contributed by atoms with Gasteiger partial charge in [0.1, 0.15) is 18.1 Å². The second kappa shape index (κ2) is 19.1. The van der Waals surface area contributed by atoms with Crippen molar-refractivity contribution in [2.24, 2.45) is 5.92 Å². The van der Waals surface area contributed by atoms with Crippen LogP contribution in [0.4, 0.5) is 13.2 Å². The summed E-state index contributed by atoms with van der Waals surface area (Å²) in [5.74, 6) is -6.78. The van der Waals surface area contributed by atoms with Crippen LogP contribution in [0, 0.1) is 5.92 Å². The number of hydrogen-bond acceptors (Lipinski definition) is 7. The molecule has 1 saturated heterocycles. The Morgan fingerprint density at radius 1 is 1.02 bits per heavy atom.